The van der Waals surface area contributed by atoms with E-state index < -0.39 is 6.04 Å². The number of carbonyl (C=O) groups excluding carboxylic acids is 2. The molecule has 0 aliphatic heterocycles. The second-order valence-corrected chi connectivity index (χ2v) is 8.37. The Labute approximate surface area is 191 Å². The number of hydrogen-bond donors (Lipinski definition) is 1. The fraction of sp³-hybridized carbons (Fsp3) is 0.286. The van der Waals surface area contributed by atoms with E-state index in [1.807, 2.05) is 81.4 Å². The molecule has 0 aliphatic rings. The Morgan fingerprint density at radius 1 is 0.844 bits per heavy atom. The fourth-order valence-electron chi connectivity index (χ4n) is 3.95. The fourth-order valence-corrected chi connectivity index (χ4v) is 3.95. The van der Waals surface area contributed by atoms with Gasteiger partial charge >= 0.3 is 0 Å². The van der Waals surface area contributed by atoms with E-state index in [1.54, 1.807) is 11.9 Å². The van der Waals surface area contributed by atoms with Crippen molar-refractivity contribution < 1.29 is 9.59 Å². The van der Waals surface area contributed by atoms with Crippen molar-refractivity contribution in [2.75, 3.05) is 7.05 Å². The van der Waals surface area contributed by atoms with Crippen LogP contribution in [0.4, 0.5) is 0 Å². The number of benzene rings is 3. The number of hydrogen-bond acceptors (Lipinski definition) is 2. The second kappa shape index (κ2) is 10.8. The average molecular weight is 429 g/mol. The number of amides is 2. The minimum atomic E-state index is -0.598. The van der Waals surface area contributed by atoms with Gasteiger partial charge in [-0.15, -0.1) is 0 Å². The van der Waals surface area contributed by atoms with Crippen LogP contribution in [0.2, 0.25) is 0 Å². The normalized spacial score (nSPS) is 11.6. The van der Waals surface area contributed by atoms with Gasteiger partial charge in [0.1, 0.15) is 6.04 Å². The molecule has 0 fully saturated rings. The summed E-state index contributed by atoms with van der Waals surface area (Å²) in [5.41, 5.74) is 6.38. The first-order valence-corrected chi connectivity index (χ1v) is 11.0. The highest BCUT2D eigenvalue weighted by Crippen LogP contribution is 2.19. The summed E-state index contributed by atoms with van der Waals surface area (Å²) in [7, 11) is 1.63. The predicted octanol–water partition coefficient (Wildman–Crippen LogP) is 4.54. The highest BCUT2D eigenvalue weighted by atomic mass is 16.2. The molecule has 1 N–H and O–H groups in total. The largest absolute Gasteiger partial charge is 0.357 e. The lowest BCUT2D eigenvalue weighted by Gasteiger charge is -2.32. The molecule has 2 amide bonds. The number of nitrogens with one attached hydrogen (secondary N) is 1. The van der Waals surface area contributed by atoms with Crippen molar-refractivity contribution in [3.63, 3.8) is 0 Å². The minimum absolute atomic E-state index is 0.0496. The number of nitrogens with zero attached hydrogens (tertiary/aromatic N) is 1. The van der Waals surface area contributed by atoms with E-state index in [9.17, 15) is 9.59 Å². The molecule has 4 nitrogen and oxygen atoms in total. The van der Waals surface area contributed by atoms with Crippen LogP contribution in [-0.2, 0) is 29.0 Å². The van der Waals surface area contributed by atoms with Crippen molar-refractivity contribution in [1.82, 2.24) is 10.2 Å². The topological polar surface area (TPSA) is 49.4 Å². The third-order valence-electron chi connectivity index (χ3n) is 5.97. The van der Waals surface area contributed by atoms with Crippen LogP contribution in [0, 0.1) is 20.8 Å². The Morgan fingerprint density at radius 2 is 1.50 bits per heavy atom. The molecule has 3 aromatic rings. The minimum Gasteiger partial charge on any atom is -0.357 e. The van der Waals surface area contributed by atoms with E-state index in [0.717, 1.165) is 33.4 Å². The van der Waals surface area contributed by atoms with Gasteiger partial charge in [-0.2, -0.15) is 0 Å². The molecule has 0 saturated heterocycles. The SMILES string of the molecule is CNC(=O)[C@H](Cc1ccccc1)N(Cc1ccccc1C)C(=O)Cc1cc(C)ccc1C. The molecule has 0 saturated carbocycles. The number of likely N-dealkylation sites (N-methyl/N-ethyl adjacent to an activating group) is 1. The summed E-state index contributed by atoms with van der Waals surface area (Å²) in [6.07, 6.45) is 0.729. The molecule has 32 heavy (non-hydrogen) atoms. The Kier molecular flexibility index (Phi) is 7.82. The van der Waals surface area contributed by atoms with Crippen LogP contribution in [-0.4, -0.2) is 29.8 Å². The molecule has 0 heterocycles. The predicted molar refractivity (Wildman–Crippen MR) is 129 cm³/mol. The van der Waals surface area contributed by atoms with Crippen LogP contribution >= 0.6 is 0 Å². The van der Waals surface area contributed by atoms with Crippen molar-refractivity contribution in [1.29, 1.82) is 0 Å². The zero-order valence-electron chi connectivity index (χ0n) is 19.4. The standard InChI is InChI=1S/C28H32N2O2/c1-20-14-15-22(3)25(16-20)18-27(31)30(19-24-13-9-8-10-21(24)2)26(28(32)29-4)17-23-11-6-5-7-12-23/h5-16,26H,17-19H2,1-4H3,(H,29,32)/t26-/m0/s1. The molecule has 0 radical (unpaired) electrons. The van der Waals surface area contributed by atoms with Crippen LogP contribution in [0.5, 0.6) is 0 Å². The van der Waals surface area contributed by atoms with E-state index in [1.165, 1.54) is 0 Å². The van der Waals surface area contributed by atoms with Gasteiger partial charge in [0.15, 0.2) is 0 Å². The van der Waals surface area contributed by atoms with E-state index in [4.69, 9.17) is 0 Å². The summed E-state index contributed by atoms with van der Waals surface area (Å²) < 4.78 is 0. The quantitative estimate of drug-likeness (QED) is 0.573. The van der Waals surface area contributed by atoms with Crippen LogP contribution in [0.1, 0.15) is 33.4 Å². The molecule has 0 spiro atoms. The molecular formula is C28H32N2O2. The smallest absolute Gasteiger partial charge is 0.242 e. The molecule has 3 rings (SSSR count). The Balaban J connectivity index is 1.98. The molecule has 4 heteroatoms. The molecule has 166 valence electrons. The highest BCUT2D eigenvalue weighted by Gasteiger charge is 2.30. The molecule has 1 atom stereocenters. The summed E-state index contributed by atoms with van der Waals surface area (Å²) in [4.78, 5) is 28.4. The third kappa shape index (κ3) is 5.85. The monoisotopic (exact) mass is 428 g/mol. The van der Waals surface area contributed by atoms with Crippen LogP contribution < -0.4 is 5.32 Å². The van der Waals surface area contributed by atoms with E-state index in [-0.39, 0.29) is 18.2 Å². The Hall–Kier alpha value is -3.40. The van der Waals surface area contributed by atoms with Gasteiger partial charge in [-0.1, -0.05) is 78.4 Å². The van der Waals surface area contributed by atoms with Crippen LogP contribution in [0.3, 0.4) is 0 Å². The van der Waals surface area contributed by atoms with Crippen molar-refractivity contribution in [3.8, 4) is 0 Å². The van der Waals surface area contributed by atoms with Gasteiger partial charge in [-0.05, 0) is 48.6 Å². The van der Waals surface area contributed by atoms with Crippen LogP contribution in [0.15, 0.2) is 72.8 Å². The summed E-state index contributed by atoms with van der Waals surface area (Å²) in [6, 6.07) is 23.4. The first kappa shape index (κ1) is 23.3. The van der Waals surface area contributed by atoms with Gasteiger partial charge in [-0.3, -0.25) is 9.59 Å². The lowest BCUT2D eigenvalue weighted by Crippen LogP contribution is -2.50. The summed E-state index contributed by atoms with van der Waals surface area (Å²) in [5, 5.41) is 2.77. The van der Waals surface area contributed by atoms with Crippen molar-refractivity contribution in [2.24, 2.45) is 0 Å². The average Bonchev–Trinajstić information content (AvgIpc) is 2.79. The molecule has 0 aromatic heterocycles. The summed E-state index contributed by atoms with van der Waals surface area (Å²) in [6.45, 7) is 6.48. The highest BCUT2D eigenvalue weighted by molar-refractivity contribution is 5.88. The Bertz CT molecular complexity index is 1080. The molecule has 0 aliphatic carbocycles. The van der Waals surface area contributed by atoms with Crippen molar-refractivity contribution in [2.45, 2.75) is 46.2 Å². The summed E-state index contributed by atoms with van der Waals surface area (Å²) >= 11 is 0. The Morgan fingerprint density at radius 3 is 2.19 bits per heavy atom. The summed E-state index contributed by atoms with van der Waals surface area (Å²) in [5.74, 6) is -0.205. The van der Waals surface area contributed by atoms with Gasteiger partial charge in [-0.25, -0.2) is 0 Å². The van der Waals surface area contributed by atoms with Gasteiger partial charge in [0, 0.05) is 20.0 Å². The zero-order chi connectivity index (χ0) is 23.1. The lowest BCUT2D eigenvalue weighted by molar-refractivity contribution is -0.140. The molecule has 3 aromatic carbocycles. The molecule has 0 unspecified atom stereocenters. The maximum absolute atomic E-state index is 13.7. The van der Waals surface area contributed by atoms with Gasteiger partial charge < -0.3 is 10.2 Å². The van der Waals surface area contributed by atoms with Gasteiger partial charge in [0.05, 0.1) is 6.42 Å². The van der Waals surface area contributed by atoms with Gasteiger partial charge in [0.25, 0.3) is 0 Å². The maximum atomic E-state index is 13.7. The second-order valence-electron chi connectivity index (χ2n) is 8.37. The van der Waals surface area contributed by atoms with Gasteiger partial charge in [0.2, 0.25) is 11.8 Å². The van der Waals surface area contributed by atoms with E-state index in [2.05, 4.69) is 17.4 Å². The number of aryl methyl sites for hydroxylation is 3. The molecule has 0 bridgehead atoms. The first-order valence-electron chi connectivity index (χ1n) is 11.0. The third-order valence-corrected chi connectivity index (χ3v) is 5.97. The number of rotatable bonds is 8. The zero-order valence-corrected chi connectivity index (χ0v) is 19.4. The molecular weight excluding hydrogens is 396 g/mol. The van der Waals surface area contributed by atoms with Crippen LogP contribution in [0.25, 0.3) is 0 Å². The van der Waals surface area contributed by atoms with Crippen molar-refractivity contribution in [3.05, 3.63) is 106 Å². The van der Waals surface area contributed by atoms with Crippen molar-refractivity contribution >= 4 is 11.8 Å². The van der Waals surface area contributed by atoms with E-state index in [0.29, 0.717) is 13.0 Å². The van der Waals surface area contributed by atoms with E-state index >= 15 is 0 Å². The maximum Gasteiger partial charge on any atom is 0.242 e. The number of carbonyl (C=O) groups is 2. The first-order chi connectivity index (χ1) is 15.4. The lowest BCUT2D eigenvalue weighted by atomic mass is 9.99.